The Balaban J connectivity index is 2.33. The number of carbonyl (C=O) groups excluding carboxylic acids is 2. The molecule has 0 aromatic rings. The zero-order valence-corrected chi connectivity index (χ0v) is 12.1. The number of piperazine rings is 1. The molecular formula is C14H24N2O3. The van der Waals surface area contributed by atoms with Gasteiger partial charge in [0, 0.05) is 13.7 Å². The maximum absolute atomic E-state index is 12.7. The largest absolute Gasteiger partial charge is 0.383 e. The van der Waals surface area contributed by atoms with Gasteiger partial charge in [-0.25, -0.2) is 0 Å². The summed E-state index contributed by atoms with van der Waals surface area (Å²) in [6.07, 6.45) is 4.17. The van der Waals surface area contributed by atoms with Crippen LogP contribution >= 0.6 is 0 Å². The number of rotatable bonds is 4. The van der Waals surface area contributed by atoms with Gasteiger partial charge in [0.15, 0.2) is 0 Å². The zero-order chi connectivity index (χ0) is 14.1. The third kappa shape index (κ3) is 2.14. The maximum Gasteiger partial charge on any atom is 0.249 e. The molecule has 0 bridgehead atoms. The fourth-order valence-electron chi connectivity index (χ4n) is 3.23. The average molecular weight is 268 g/mol. The summed E-state index contributed by atoms with van der Waals surface area (Å²) in [5, 5.41) is 2.96. The summed E-state index contributed by atoms with van der Waals surface area (Å²) in [4.78, 5) is 27.1. The van der Waals surface area contributed by atoms with Crippen molar-refractivity contribution < 1.29 is 14.3 Å². The van der Waals surface area contributed by atoms with E-state index in [2.05, 4.69) is 5.32 Å². The van der Waals surface area contributed by atoms with Crippen LogP contribution in [0.25, 0.3) is 0 Å². The van der Waals surface area contributed by atoms with Crippen LogP contribution in [0, 0.1) is 0 Å². The topological polar surface area (TPSA) is 58.6 Å². The lowest BCUT2D eigenvalue weighted by atomic mass is 9.83. The molecule has 5 nitrogen and oxygen atoms in total. The molecule has 1 aliphatic heterocycles. The van der Waals surface area contributed by atoms with Crippen LogP contribution < -0.4 is 5.32 Å². The predicted molar refractivity (Wildman–Crippen MR) is 71.6 cm³/mol. The lowest BCUT2D eigenvalue weighted by Gasteiger charge is -2.50. The molecule has 1 saturated heterocycles. The van der Waals surface area contributed by atoms with Gasteiger partial charge in [0.05, 0.1) is 6.61 Å². The van der Waals surface area contributed by atoms with E-state index in [0.29, 0.717) is 19.6 Å². The van der Waals surface area contributed by atoms with Crippen molar-refractivity contribution in [2.45, 2.75) is 57.0 Å². The quantitative estimate of drug-likeness (QED) is 0.830. The number of methoxy groups -OCH3 is 1. The number of amides is 2. The molecule has 108 valence electrons. The first-order chi connectivity index (χ1) is 9.00. The Morgan fingerprint density at radius 1 is 1.32 bits per heavy atom. The summed E-state index contributed by atoms with van der Waals surface area (Å²) in [5.74, 6) is 0.0543. The molecule has 1 N–H and O–H groups in total. The van der Waals surface area contributed by atoms with Crippen LogP contribution in [0.2, 0.25) is 0 Å². The van der Waals surface area contributed by atoms with E-state index in [9.17, 15) is 9.59 Å². The lowest BCUT2D eigenvalue weighted by Crippen LogP contribution is -2.74. The van der Waals surface area contributed by atoms with Gasteiger partial charge in [0.25, 0.3) is 0 Å². The number of hydrogen-bond donors (Lipinski definition) is 1. The van der Waals surface area contributed by atoms with Gasteiger partial charge in [-0.1, -0.05) is 19.8 Å². The van der Waals surface area contributed by atoms with Crippen LogP contribution in [0.1, 0.15) is 46.0 Å². The van der Waals surface area contributed by atoms with Crippen LogP contribution in [0.3, 0.4) is 0 Å². The fraction of sp³-hybridized carbons (Fsp3) is 0.857. The SMILES string of the molecule is CCC1(C)NC(=O)C2(CCCC2)N(CCOC)C1=O. The molecule has 0 radical (unpaired) electrons. The molecule has 5 heteroatoms. The van der Waals surface area contributed by atoms with Crippen molar-refractivity contribution in [1.82, 2.24) is 10.2 Å². The molecule has 0 aromatic heterocycles. The van der Waals surface area contributed by atoms with Crippen LogP contribution in [0.4, 0.5) is 0 Å². The monoisotopic (exact) mass is 268 g/mol. The molecule has 2 rings (SSSR count). The normalized spacial score (nSPS) is 29.9. The van der Waals surface area contributed by atoms with Crippen molar-refractivity contribution in [3.8, 4) is 0 Å². The number of nitrogens with one attached hydrogen (secondary N) is 1. The van der Waals surface area contributed by atoms with E-state index in [0.717, 1.165) is 25.7 Å². The molecule has 2 aliphatic rings. The minimum absolute atomic E-state index is 0.0186. The highest BCUT2D eigenvalue weighted by molar-refractivity contribution is 6.02. The van der Waals surface area contributed by atoms with Crippen molar-refractivity contribution >= 4 is 11.8 Å². The molecule has 1 heterocycles. The van der Waals surface area contributed by atoms with Gasteiger partial charge in [0.1, 0.15) is 11.1 Å². The minimum atomic E-state index is -0.765. The Hall–Kier alpha value is -1.10. The van der Waals surface area contributed by atoms with Crippen LogP contribution in [0.15, 0.2) is 0 Å². The van der Waals surface area contributed by atoms with Crippen molar-refractivity contribution in [2.75, 3.05) is 20.3 Å². The fourth-order valence-corrected chi connectivity index (χ4v) is 3.23. The van der Waals surface area contributed by atoms with Gasteiger partial charge in [-0.15, -0.1) is 0 Å². The van der Waals surface area contributed by atoms with Gasteiger partial charge >= 0.3 is 0 Å². The van der Waals surface area contributed by atoms with E-state index in [4.69, 9.17) is 4.74 Å². The zero-order valence-electron chi connectivity index (χ0n) is 12.1. The third-order valence-electron chi connectivity index (χ3n) is 4.70. The van der Waals surface area contributed by atoms with Gasteiger partial charge < -0.3 is 15.0 Å². The Morgan fingerprint density at radius 2 is 1.95 bits per heavy atom. The second-order valence-electron chi connectivity index (χ2n) is 5.83. The van der Waals surface area contributed by atoms with E-state index < -0.39 is 11.1 Å². The van der Waals surface area contributed by atoms with E-state index in [-0.39, 0.29) is 11.8 Å². The highest BCUT2D eigenvalue weighted by Crippen LogP contribution is 2.40. The molecule has 1 saturated carbocycles. The third-order valence-corrected chi connectivity index (χ3v) is 4.70. The van der Waals surface area contributed by atoms with Crippen LogP contribution in [0.5, 0.6) is 0 Å². The van der Waals surface area contributed by atoms with E-state index >= 15 is 0 Å². The van der Waals surface area contributed by atoms with E-state index in [1.807, 2.05) is 13.8 Å². The smallest absolute Gasteiger partial charge is 0.249 e. The molecule has 19 heavy (non-hydrogen) atoms. The van der Waals surface area contributed by atoms with Crippen molar-refractivity contribution in [3.05, 3.63) is 0 Å². The molecule has 1 unspecified atom stereocenters. The molecule has 1 spiro atoms. The minimum Gasteiger partial charge on any atom is -0.383 e. The van der Waals surface area contributed by atoms with E-state index in [1.165, 1.54) is 0 Å². The highest BCUT2D eigenvalue weighted by atomic mass is 16.5. The molecule has 1 atom stereocenters. The summed E-state index contributed by atoms with van der Waals surface area (Å²) < 4.78 is 5.11. The van der Waals surface area contributed by atoms with Gasteiger partial charge in [-0.05, 0) is 26.2 Å². The number of ether oxygens (including phenoxy) is 1. The first-order valence-electron chi connectivity index (χ1n) is 7.14. The lowest BCUT2D eigenvalue weighted by molar-refractivity contribution is -0.163. The number of carbonyl (C=O) groups is 2. The molecular weight excluding hydrogens is 244 g/mol. The van der Waals surface area contributed by atoms with Gasteiger partial charge in [-0.3, -0.25) is 9.59 Å². The summed E-state index contributed by atoms with van der Waals surface area (Å²) in [6, 6.07) is 0. The maximum atomic E-state index is 12.7. The number of hydrogen-bond acceptors (Lipinski definition) is 3. The summed E-state index contributed by atoms with van der Waals surface area (Å²) in [7, 11) is 1.62. The second kappa shape index (κ2) is 5.12. The number of nitrogens with zero attached hydrogens (tertiary/aromatic N) is 1. The van der Waals surface area contributed by atoms with Gasteiger partial charge in [-0.2, -0.15) is 0 Å². The van der Waals surface area contributed by atoms with Crippen molar-refractivity contribution in [3.63, 3.8) is 0 Å². The average Bonchev–Trinajstić information content (AvgIpc) is 2.88. The van der Waals surface area contributed by atoms with Crippen molar-refractivity contribution in [2.24, 2.45) is 0 Å². The standard InChI is InChI=1S/C14H24N2O3/c1-4-13(2)12(18)16(9-10-19-3)14(11(17)15-13)7-5-6-8-14/h4-10H2,1-3H3,(H,15,17). The Labute approximate surface area is 114 Å². The van der Waals surface area contributed by atoms with Gasteiger partial charge in [0.2, 0.25) is 11.8 Å². The first-order valence-corrected chi connectivity index (χ1v) is 7.14. The Morgan fingerprint density at radius 3 is 2.47 bits per heavy atom. The highest BCUT2D eigenvalue weighted by Gasteiger charge is 2.56. The summed E-state index contributed by atoms with van der Waals surface area (Å²) in [5.41, 5.74) is -1.39. The van der Waals surface area contributed by atoms with Crippen LogP contribution in [-0.4, -0.2) is 48.1 Å². The molecule has 1 aliphatic carbocycles. The molecule has 2 fully saturated rings. The Kier molecular flexibility index (Phi) is 3.85. The summed E-state index contributed by atoms with van der Waals surface area (Å²) >= 11 is 0. The molecule has 0 aromatic carbocycles. The first kappa shape index (κ1) is 14.3. The molecule has 2 amide bonds. The van der Waals surface area contributed by atoms with Crippen LogP contribution in [-0.2, 0) is 14.3 Å². The van der Waals surface area contributed by atoms with E-state index in [1.54, 1.807) is 12.0 Å². The van der Waals surface area contributed by atoms with Crippen molar-refractivity contribution in [1.29, 1.82) is 0 Å². The second-order valence-corrected chi connectivity index (χ2v) is 5.83. The Bertz CT molecular complexity index is 377. The predicted octanol–water partition coefficient (Wildman–Crippen LogP) is 1.07. The summed E-state index contributed by atoms with van der Waals surface area (Å²) in [6.45, 7) is 4.72.